The number of carbonyl (C=O) groups is 1. The van der Waals surface area contributed by atoms with Crippen LogP contribution in [0, 0.1) is 0 Å². The summed E-state index contributed by atoms with van der Waals surface area (Å²) in [6.07, 6.45) is 1.46. The fourth-order valence-electron chi connectivity index (χ4n) is 0.679. The van der Waals surface area contributed by atoms with Gasteiger partial charge in [0.1, 0.15) is 0 Å². The molecule has 1 aromatic rings. The van der Waals surface area contributed by atoms with E-state index in [-0.39, 0.29) is 0 Å². The molecule has 3 N–H and O–H groups in total. The van der Waals surface area contributed by atoms with Crippen molar-refractivity contribution in [2.24, 2.45) is 5.73 Å². The van der Waals surface area contributed by atoms with Crippen molar-refractivity contribution >= 4 is 5.78 Å². The van der Waals surface area contributed by atoms with Crippen LogP contribution in [0.4, 0.5) is 0 Å². The fraction of sp³-hybridized carbons (Fsp3) is 0.143. The number of carbonyl (C=O) groups excluding carboxylic acids is 1. The van der Waals surface area contributed by atoms with Gasteiger partial charge in [-0.1, -0.05) is 0 Å². The predicted molar refractivity (Wildman–Crippen MR) is 38.8 cm³/mol. The van der Waals surface area contributed by atoms with Crippen molar-refractivity contribution in [1.29, 1.82) is 0 Å². The van der Waals surface area contributed by atoms with Gasteiger partial charge in [-0.3, -0.25) is 15.5 Å². The third-order valence-corrected chi connectivity index (χ3v) is 1.21. The monoisotopic (exact) mass is 152 g/mol. The molecule has 0 spiro atoms. The third kappa shape index (κ3) is 1.83. The first-order valence-electron chi connectivity index (χ1n) is 3.09. The number of hydrogen-bond acceptors (Lipinski definition) is 4. The van der Waals surface area contributed by atoms with E-state index in [4.69, 9.17) is 10.8 Å². The van der Waals surface area contributed by atoms with Crippen molar-refractivity contribution in [2.75, 3.05) is 0 Å². The normalized spacial score (nSPS) is 12.5. The first-order chi connectivity index (χ1) is 5.22. The van der Waals surface area contributed by atoms with E-state index in [2.05, 4.69) is 4.98 Å². The number of aliphatic hydroxyl groups is 1. The molecular weight excluding hydrogens is 144 g/mol. The highest BCUT2D eigenvalue weighted by molar-refractivity contribution is 5.98. The van der Waals surface area contributed by atoms with Crippen LogP contribution < -0.4 is 5.73 Å². The van der Waals surface area contributed by atoms with Gasteiger partial charge in [-0.05, 0) is 12.1 Å². The van der Waals surface area contributed by atoms with Crippen LogP contribution in [0.25, 0.3) is 0 Å². The molecule has 0 aliphatic heterocycles. The summed E-state index contributed by atoms with van der Waals surface area (Å²) in [6.45, 7) is 0. The number of hydrogen-bond donors (Lipinski definition) is 2. The molecule has 1 rings (SSSR count). The second kappa shape index (κ2) is 3.23. The van der Waals surface area contributed by atoms with Crippen LogP contribution in [0.15, 0.2) is 24.5 Å². The lowest BCUT2D eigenvalue weighted by molar-refractivity contribution is 0.0759. The molecule has 0 saturated carbocycles. The number of nitrogens with zero attached hydrogens (tertiary/aromatic N) is 1. The van der Waals surface area contributed by atoms with Gasteiger partial charge in [-0.2, -0.15) is 0 Å². The van der Waals surface area contributed by atoms with Crippen molar-refractivity contribution in [3.05, 3.63) is 30.1 Å². The predicted octanol–water partition coefficient (Wildman–Crippen LogP) is -0.459. The van der Waals surface area contributed by atoms with Crippen molar-refractivity contribution < 1.29 is 9.90 Å². The number of Topliss-reactive ketones (excluding diaryl/α,β-unsaturated/α-hetero) is 1. The Morgan fingerprint density at radius 1 is 1.73 bits per heavy atom. The lowest BCUT2D eigenvalue weighted by Crippen LogP contribution is -2.29. The van der Waals surface area contributed by atoms with Gasteiger partial charge in [-0.15, -0.1) is 0 Å². The molecule has 0 saturated heterocycles. The summed E-state index contributed by atoms with van der Waals surface area (Å²) in [5, 5.41) is 8.67. The van der Waals surface area contributed by atoms with Crippen LogP contribution in [-0.2, 0) is 0 Å². The van der Waals surface area contributed by atoms with E-state index in [1.165, 1.54) is 6.20 Å². The van der Waals surface area contributed by atoms with Crippen molar-refractivity contribution in [2.45, 2.75) is 6.23 Å². The Balaban J connectivity index is 2.86. The van der Waals surface area contributed by atoms with E-state index in [1.54, 1.807) is 18.3 Å². The number of rotatable bonds is 2. The lowest BCUT2D eigenvalue weighted by Gasteiger charge is -2.00. The van der Waals surface area contributed by atoms with Gasteiger partial charge in [-0.25, -0.2) is 0 Å². The number of aromatic nitrogens is 1. The van der Waals surface area contributed by atoms with Crippen molar-refractivity contribution in [3.8, 4) is 0 Å². The summed E-state index contributed by atoms with van der Waals surface area (Å²) in [5.41, 5.74) is 5.27. The molecule has 0 bridgehead atoms. The molecule has 0 radical (unpaired) electrons. The molecule has 58 valence electrons. The van der Waals surface area contributed by atoms with Crippen LogP contribution in [0.3, 0.4) is 0 Å². The summed E-state index contributed by atoms with van der Waals surface area (Å²) in [7, 11) is 0. The maximum absolute atomic E-state index is 10.9. The van der Waals surface area contributed by atoms with E-state index in [1.807, 2.05) is 0 Å². The quantitative estimate of drug-likeness (QED) is 0.444. The Morgan fingerprint density at radius 3 is 2.91 bits per heavy atom. The van der Waals surface area contributed by atoms with Crippen LogP contribution in [0.1, 0.15) is 10.4 Å². The third-order valence-electron chi connectivity index (χ3n) is 1.21. The molecule has 0 aliphatic carbocycles. The molecule has 4 heteroatoms. The molecule has 0 aliphatic rings. The van der Waals surface area contributed by atoms with E-state index in [0.717, 1.165) is 0 Å². The molecule has 0 fully saturated rings. The summed E-state index contributed by atoms with van der Waals surface area (Å²) in [4.78, 5) is 14.6. The van der Waals surface area contributed by atoms with Crippen LogP contribution in [0.2, 0.25) is 0 Å². The number of ketones is 1. The van der Waals surface area contributed by atoms with Crippen LogP contribution >= 0.6 is 0 Å². The second-order valence-corrected chi connectivity index (χ2v) is 2.05. The Hall–Kier alpha value is -1.26. The summed E-state index contributed by atoms with van der Waals surface area (Å²) in [5.74, 6) is -0.516. The second-order valence-electron chi connectivity index (χ2n) is 2.05. The first-order valence-corrected chi connectivity index (χ1v) is 3.09. The number of pyridine rings is 1. The average molecular weight is 152 g/mol. The molecule has 1 heterocycles. The van der Waals surface area contributed by atoms with E-state index >= 15 is 0 Å². The molecule has 0 aromatic carbocycles. The smallest absolute Gasteiger partial charge is 0.207 e. The topological polar surface area (TPSA) is 76.2 Å². The van der Waals surface area contributed by atoms with Crippen molar-refractivity contribution in [1.82, 2.24) is 4.98 Å². The SMILES string of the molecule is NC(O)C(=O)c1cccnc1. The minimum Gasteiger partial charge on any atom is -0.371 e. The molecule has 1 aromatic heterocycles. The zero-order chi connectivity index (χ0) is 8.27. The highest BCUT2D eigenvalue weighted by Crippen LogP contribution is 1.97. The van der Waals surface area contributed by atoms with Gasteiger partial charge in [0.2, 0.25) is 5.78 Å². The van der Waals surface area contributed by atoms with Gasteiger partial charge in [0.05, 0.1) is 0 Å². The molecule has 1 atom stereocenters. The molecule has 11 heavy (non-hydrogen) atoms. The van der Waals surface area contributed by atoms with E-state index < -0.39 is 12.0 Å². The minimum absolute atomic E-state index is 0.322. The van der Waals surface area contributed by atoms with Gasteiger partial charge in [0, 0.05) is 18.0 Å². The highest BCUT2D eigenvalue weighted by Gasteiger charge is 2.11. The van der Waals surface area contributed by atoms with Gasteiger partial charge in [0.15, 0.2) is 6.23 Å². The average Bonchev–Trinajstić information content (AvgIpc) is 2.05. The van der Waals surface area contributed by atoms with Gasteiger partial charge < -0.3 is 5.11 Å². The molecule has 1 unspecified atom stereocenters. The maximum Gasteiger partial charge on any atom is 0.207 e. The van der Waals surface area contributed by atoms with E-state index in [0.29, 0.717) is 5.56 Å². The summed E-state index contributed by atoms with van der Waals surface area (Å²) >= 11 is 0. The fourth-order valence-corrected chi connectivity index (χ4v) is 0.679. The van der Waals surface area contributed by atoms with Gasteiger partial charge in [0.25, 0.3) is 0 Å². The zero-order valence-corrected chi connectivity index (χ0v) is 5.77. The Labute approximate surface area is 63.7 Å². The van der Waals surface area contributed by atoms with Crippen LogP contribution in [0.5, 0.6) is 0 Å². The Kier molecular flexibility index (Phi) is 2.30. The Morgan fingerprint density at radius 2 is 2.45 bits per heavy atom. The highest BCUT2D eigenvalue weighted by atomic mass is 16.3. The van der Waals surface area contributed by atoms with E-state index in [9.17, 15) is 4.79 Å². The molecule has 0 amide bonds. The molecule has 4 nitrogen and oxygen atoms in total. The number of aliphatic hydroxyl groups excluding tert-OH is 1. The van der Waals surface area contributed by atoms with Crippen LogP contribution in [-0.4, -0.2) is 22.1 Å². The largest absolute Gasteiger partial charge is 0.371 e. The zero-order valence-electron chi connectivity index (χ0n) is 5.77. The lowest BCUT2D eigenvalue weighted by atomic mass is 10.2. The van der Waals surface area contributed by atoms with Crippen molar-refractivity contribution in [3.63, 3.8) is 0 Å². The van der Waals surface area contributed by atoms with Gasteiger partial charge >= 0.3 is 0 Å². The summed E-state index contributed by atoms with van der Waals surface area (Å²) < 4.78 is 0. The number of nitrogens with two attached hydrogens (primary N) is 1. The standard InChI is InChI=1S/C7H8N2O2/c8-7(11)6(10)5-2-1-3-9-4-5/h1-4,7,11H,8H2. The minimum atomic E-state index is -1.45. The maximum atomic E-state index is 10.9. The Bertz CT molecular complexity index is 246. The molecular formula is C7H8N2O2. The first kappa shape index (κ1) is 7.84. The summed E-state index contributed by atoms with van der Waals surface area (Å²) in [6, 6.07) is 3.15.